The van der Waals surface area contributed by atoms with Gasteiger partial charge in [0, 0.05) is 4.90 Å². The second kappa shape index (κ2) is 9.48. The van der Waals surface area contributed by atoms with Gasteiger partial charge in [0.05, 0.1) is 19.0 Å². The zero-order valence-corrected chi connectivity index (χ0v) is 14.8. The number of hydrazone groups is 1. The number of anilines is 1. The van der Waals surface area contributed by atoms with Gasteiger partial charge in [-0.05, 0) is 36.1 Å². The van der Waals surface area contributed by atoms with E-state index in [-0.39, 0.29) is 6.42 Å². The fraction of sp³-hybridized carbons (Fsp3) is 0.167. The molecule has 7 heteroatoms. The molecule has 0 atom stereocenters. The van der Waals surface area contributed by atoms with Crippen LogP contribution in [0.15, 0.2) is 58.5 Å². The van der Waals surface area contributed by atoms with Gasteiger partial charge in [0.1, 0.15) is 12.2 Å². The van der Waals surface area contributed by atoms with Crippen molar-refractivity contribution in [1.82, 2.24) is 5.43 Å². The molecule has 0 heterocycles. The van der Waals surface area contributed by atoms with E-state index in [1.165, 1.54) is 13.3 Å². The molecule has 25 heavy (non-hydrogen) atoms. The molecule has 2 aromatic carbocycles. The largest absolute Gasteiger partial charge is 0.495 e. The van der Waals surface area contributed by atoms with Crippen LogP contribution in [0.1, 0.15) is 12.0 Å². The monoisotopic (exact) mass is 357 g/mol. The van der Waals surface area contributed by atoms with E-state index >= 15 is 0 Å². The van der Waals surface area contributed by atoms with Crippen molar-refractivity contribution in [2.24, 2.45) is 5.10 Å². The Morgan fingerprint density at radius 2 is 1.84 bits per heavy atom. The van der Waals surface area contributed by atoms with E-state index in [9.17, 15) is 9.59 Å². The van der Waals surface area contributed by atoms with Crippen LogP contribution in [0.4, 0.5) is 5.69 Å². The van der Waals surface area contributed by atoms with Gasteiger partial charge >= 0.3 is 0 Å². The highest BCUT2D eigenvalue weighted by atomic mass is 32.2. The highest BCUT2D eigenvalue weighted by molar-refractivity contribution is 7.98. The lowest BCUT2D eigenvalue weighted by Crippen LogP contribution is -2.24. The van der Waals surface area contributed by atoms with E-state index in [0.29, 0.717) is 11.4 Å². The van der Waals surface area contributed by atoms with Crippen molar-refractivity contribution in [3.8, 4) is 5.75 Å². The van der Waals surface area contributed by atoms with Crippen molar-refractivity contribution in [1.29, 1.82) is 0 Å². The molecule has 0 saturated carbocycles. The van der Waals surface area contributed by atoms with Crippen LogP contribution in [-0.2, 0) is 9.59 Å². The average molecular weight is 357 g/mol. The molecule has 0 unspecified atom stereocenters. The molecule has 0 saturated heterocycles. The van der Waals surface area contributed by atoms with Crippen LogP contribution >= 0.6 is 11.8 Å². The van der Waals surface area contributed by atoms with Gasteiger partial charge < -0.3 is 10.1 Å². The number of amides is 2. The third-order valence-electron chi connectivity index (χ3n) is 3.22. The van der Waals surface area contributed by atoms with Crippen LogP contribution in [0, 0.1) is 0 Å². The van der Waals surface area contributed by atoms with E-state index in [4.69, 9.17) is 4.74 Å². The van der Waals surface area contributed by atoms with Gasteiger partial charge in [-0.2, -0.15) is 5.10 Å². The molecule has 0 spiro atoms. The lowest BCUT2D eigenvalue weighted by atomic mass is 10.2. The van der Waals surface area contributed by atoms with Crippen molar-refractivity contribution in [3.63, 3.8) is 0 Å². The number of ether oxygens (including phenoxy) is 1. The summed E-state index contributed by atoms with van der Waals surface area (Å²) in [6.07, 6.45) is 3.19. The minimum absolute atomic E-state index is 0.333. The Kier molecular flexibility index (Phi) is 7.03. The van der Waals surface area contributed by atoms with E-state index in [1.54, 1.807) is 36.0 Å². The van der Waals surface area contributed by atoms with Crippen LogP contribution in [-0.4, -0.2) is 31.4 Å². The number of benzene rings is 2. The van der Waals surface area contributed by atoms with Crippen molar-refractivity contribution < 1.29 is 14.3 Å². The fourth-order valence-corrected chi connectivity index (χ4v) is 2.40. The van der Waals surface area contributed by atoms with Gasteiger partial charge in [-0.15, -0.1) is 11.8 Å². The molecule has 130 valence electrons. The molecule has 0 aliphatic rings. The van der Waals surface area contributed by atoms with Crippen molar-refractivity contribution >= 4 is 35.5 Å². The summed E-state index contributed by atoms with van der Waals surface area (Å²) in [5, 5.41) is 6.49. The molecular weight excluding hydrogens is 338 g/mol. The molecule has 2 N–H and O–H groups in total. The highest BCUT2D eigenvalue weighted by Gasteiger charge is 2.11. The van der Waals surface area contributed by atoms with Gasteiger partial charge in [0.25, 0.3) is 0 Å². The van der Waals surface area contributed by atoms with E-state index in [2.05, 4.69) is 15.8 Å². The lowest BCUT2D eigenvalue weighted by molar-refractivity contribution is -0.126. The summed E-state index contributed by atoms with van der Waals surface area (Å²) >= 11 is 1.65. The summed E-state index contributed by atoms with van der Waals surface area (Å²) < 4.78 is 5.14. The van der Waals surface area contributed by atoms with Gasteiger partial charge in [-0.1, -0.05) is 24.3 Å². The van der Waals surface area contributed by atoms with Crippen LogP contribution in [0.2, 0.25) is 0 Å². The first-order valence-corrected chi connectivity index (χ1v) is 8.73. The molecule has 2 aromatic rings. The molecular formula is C18H19N3O3S. The first-order chi connectivity index (χ1) is 12.1. The summed E-state index contributed by atoms with van der Waals surface area (Å²) in [5.74, 6) is -0.408. The number of thioether (sulfide) groups is 1. The summed E-state index contributed by atoms with van der Waals surface area (Å²) in [4.78, 5) is 24.8. The van der Waals surface area contributed by atoms with Crippen molar-refractivity contribution in [2.45, 2.75) is 11.3 Å². The summed E-state index contributed by atoms with van der Waals surface area (Å²) in [7, 11) is 1.51. The quantitative estimate of drug-likeness (QED) is 0.346. The fourth-order valence-electron chi connectivity index (χ4n) is 2.00. The molecule has 0 aromatic heterocycles. The normalized spacial score (nSPS) is 10.5. The Hall–Kier alpha value is -2.80. The minimum atomic E-state index is -0.496. The molecule has 0 radical (unpaired) electrons. The Morgan fingerprint density at radius 3 is 2.52 bits per heavy atom. The number of carbonyl (C=O) groups is 2. The topological polar surface area (TPSA) is 79.8 Å². The van der Waals surface area contributed by atoms with E-state index in [1.807, 2.05) is 30.5 Å². The highest BCUT2D eigenvalue weighted by Crippen LogP contribution is 2.22. The Labute approximate surface area is 150 Å². The number of para-hydroxylation sites is 2. The SMILES string of the molecule is COc1ccccc1NC(=O)CC(=O)NN=Cc1ccc(SC)cc1. The number of rotatable bonds is 7. The van der Waals surface area contributed by atoms with Crippen LogP contribution in [0.3, 0.4) is 0 Å². The number of carbonyl (C=O) groups excluding carboxylic acids is 2. The van der Waals surface area contributed by atoms with Crippen molar-refractivity contribution in [2.75, 3.05) is 18.7 Å². The number of nitrogens with zero attached hydrogens (tertiary/aromatic N) is 1. The zero-order chi connectivity index (χ0) is 18.1. The second-order valence-electron chi connectivity index (χ2n) is 4.99. The number of methoxy groups -OCH3 is 1. The standard InChI is InChI=1S/C18H19N3O3S/c1-24-16-6-4-3-5-15(16)20-17(22)11-18(23)21-19-12-13-7-9-14(25-2)10-8-13/h3-10,12H,11H2,1-2H3,(H,20,22)(H,21,23). The molecule has 0 fully saturated rings. The first-order valence-electron chi connectivity index (χ1n) is 7.51. The first kappa shape index (κ1) is 18.5. The van der Waals surface area contributed by atoms with Gasteiger partial charge in [-0.25, -0.2) is 5.43 Å². The van der Waals surface area contributed by atoms with E-state index < -0.39 is 11.8 Å². The van der Waals surface area contributed by atoms with Gasteiger partial charge in [0.15, 0.2) is 0 Å². The van der Waals surface area contributed by atoms with Crippen LogP contribution in [0.25, 0.3) is 0 Å². The summed E-state index contributed by atoms with van der Waals surface area (Å²) in [5.41, 5.74) is 3.71. The Morgan fingerprint density at radius 1 is 1.12 bits per heavy atom. The predicted octanol–water partition coefficient (Wildman–Crippen LogP) is 2.90. The number of hydrogen-bond donors (Lipinski definition) is 2. The predicted molar refractivity (Wildman–Crippen MR) is 100 cm³/mol. The smallest absolute Gasteiger partial charge is 0.249 e. The molecule has 6 nitrogen and oxygen atoms in total. The third kappa shape index (κ3) is 5.96. The average Bonchev–Trinajstić information content (AvgIpc) is 2.62. The maximum atomic E-state index is 11.9. The molecule has 0 aliphatic carbocycles. The Bertz CT molecular complexity index is 760. The van der Waals surface area contributed by atoms with Gasteiger partial charge in [0.2, 0.25) is 11.8 Å². The number of nitrogens with one attached hydrogen (secondary N) is 2. The molecule has 2 amide bonds. The Balaban J connectivity index is 1.82. The molecule has 0 aliphatic heterocycles. The third-order valence-corrected chi connectivity index (χ3v) is 3.96. The maximum Gasteiger partial charge on any atom is 0.249 e. The van der Waals surface area contributed by atoms with Crippen LogP contribution < -0.4 is 15.5 Å². The lowest BCUT2D eigenvalue weighted by Gasteiger charge is -2.09. The maximum absolute atomic E-state index is 11.9. The number of hydrogen-bond acceptors (Lipinski definition) is 5. The molecule has 0 bridgehead atoms. The minimum Gasteiger partial charge on any atom is -0.495 e. The second-order valence-corrected chi connectivity index (χ2v) is 5.87. The molecule has 2 rings (SSSR count). The van der Waals surface area contributed by atoms with Crippen LogP contribution in [0.5, 0.6) is 5.75 Å². The zero-order valence-electron chi connectivity index (χ0n) is 14.0. The van der Waals surface area contributed by atoms with Crippen molar-refractivity contribution in [3.05, 3.63) is 54.1 Å². The summed E-state index contributed by atoms with van der Waals surface area (Å²) in [6.45, 7) is 0. The van der Waals surface area contributed by atoms with Gasteiger partial charge in [-0.3, -0.25) is 9.59 Å². The van der Waals surface area contributed by atoms with E-state index in [0.717, 1.165) is 10.5 Å². The summed E-state index contributed by atoms with van der Waals surface area (Å²) in [6, 6.07) is 14.7.